The van der Waals surface area contributed by atoms with Gasteiger partial charge in [0.15, 0.2) is 0 Å². The first-order chi connectivity index (χ1) is 16.8. The smallest absolute Gasteiger partial charge is 0.317 e. The van der Waals surface area contributed by atoms with Crippen LogP contribution in [0, 0.1) is 0 Å². The van der Waals surface area contributed by atoms with Crippen molar-refractivity contribution < 1.29 is 23.1 Å². The molecule has 0 aliphatic carbocycles. The molecular weight excluding hydrogens is 462 g/mol. The van der Waals surface area contributed by atoms with Crippen LogP contribution < -0.4 is 4.74 Å². The number of benzene rings is 4. The highest BCUT2D eigenvalue weighted by molar-refractivity contribution is 7.91. The van der Waals surface area contributed by atoms with Crippen LogP contribution in [-0.4, -0.2) is 44.5 Å². The topological polar surface area (TPSA) is 83.9 Å². The first kappa shape index (κ1) is 24.4. The van der Waals surface area contributed by atoms with Crippen molar-refractivity contribution in [3.05, 3.63) is 103 Å². The number of nitrogens with zero attached hydrogens (tertiary/aromatic N) is 1. The molecule has 0 aromatic heterocycles. The minimum Gasteiger partial charge on any atom is -0.486 e. The normalized spacial score (nSPS) is 12.5. The Morgan fingerprint density at radius 2 is 1.54 bits per heavy atom. The van der Waals surface area contributed by atoms with E-state index in [1.807, 2.05) is 60.7 Å². The number of likely N-dealkylation sites (N-methyl/N-ethyl adjacent to an activating group) is 1. The van der Waals surface area contributed by atoms with Crippen molar-refractivity contribution in [2.24, 2.45) is 0 Å². The predicted octanol–water partition coefficient (Wildman–Crippen LogP) is 5.20. The lowest BCUT2D eigenvalue weighted by molar-refractivity contribution is -0.138. The Balaban J connectivity index is 1.56. The van der Waals surface area contributed by atoms with Crippen LogP contribution in [-0.2, 0) is 14.6 Å². The highest BCUT2D eigenvalue weighted by Crippen LogP contribution is 2.31. The Hall–Kier alpha value is -3.68. The fraction of sp³-hybridized carbons (Fsp3) is 0.179. The number of rotatable bonds is 10. The second kappa shape index (κ2) is 10.7. The van der Waals surface area contributed by atoms with Gasteiger partial charge < -0.3 is 9.84 Å². The molecule has 0 bridgehead atoms. The number of carbonyl (C=O) groups is 1. The maximum absolute atomic E-state index is 13.4. The first-order valence-electron chi connectivity index (χ1n) is 11.3. The van der Waals surface area contributed by atoms with Gasteiger partial charge in [0.1, 0.15) is 11.9 Å². The summed E-state index contributed by atoms with van der Waals surface area (Å²) in [6, 6.07) is 28.8. The molecule has 1 atom stereocenters. The molecule has 35 heavy (non-hydrogen) atoms. The highest BCUT2D eigenvalue weighted by atomic mass is 32.2. The first-order valence-corrected chi connectivity index (χ1v) is 12.8. The lowest BCUT2D eigenvalue weighted by Crippen LogP contribution is -2.28. The lowest BCUT2D eigenvalue weighted by Gasteiger charge is -2.22. The largest absolute Gasteiger partial charge is 0.486 e. The van der Waals surface area contributed by atoms with Gasteiger partial charge in [0.2, 0.25) is 9.84 Å². The second-order valence-corrected chi connectivity index (χ2v) is 10.3. The van der Waals surface area contributed by atoms with E-state index in [0.29, 0.717) is 24.1 Å². The van der Waals surface area contributed by atoms with Crippen molar-refractivity contribution in [1.29, 1.82) is 0 Å². The zero-order chi connectivity index (χ0) is 24.8. The van der Waals surface area contributed by atoms with Crippen molar-refractivity contribution in [1.82, 2.24) is 4.90 Å². The third-order valence-corrected chi connectivity index (χ3v) is 7.63. The molecule has 4 aromatic carbocycles. The molecule has 0 aliphatic heterocycles. The van der Waals surface area contributed by atoms with Crippen LogP contribution in [0.2, 0.25) is 0 Å². The van der Waals surface area contributed by atoms with Gasteiger partial charge in [0.25, 0.3) is 0 Å². The maximum atomic E-state index is 13.4. The summed E-state index contributed by atoms with van der Waals surface area (Å²) in [7, 11) is -1.96. The molecule has 0 saturated heterocycles. The number of hydrogen-bond acceptors (Lipinski definition) is 5. The number of aliphatic carboxylic acids is 1. The van der Waals surface area contributed by atoms with Gasteiger partial charge in [-0.1, -0.05) is 66.7 Å². The van der Waals surface area contributed by atoms with Crippen LogP contribution >= 0.6 is 0 Å². The van der Waals surface area contributed by atoms with Gasteiger partial charge in [-0.15, -0.1) is 0 Å². The molecule has 0 saturated carbocycles. The van der Waals surface area contributed by atoms with Gasteiger partial charge in [0.05, 0.1) is 16.3 Å². The van der Waals surface area contributed by atoms with Gasteiger partial charge in [-0.05, 0) is 48.3 Å². The zero-order valence-corrected chi connectivity index (χ0v) is 20.2. The Morgan fingerprint density at radius 3 is 2.26 bits per heavy atom. The molecule has 6 nitrogen and oxygen atoms in total. The molecule has 0 spiro atoms. The summed E-state index contributed by atoms with van der Waals surface area (Å²) in [5, 5.41) is 10.6. The predicted molar refractivity (Wildman–Crippen MR) is 135 cm³/mol. The molecule has 4 rings (SSSR count). The average Bonchev–Trinajstić information content (AvgIpc) is 2.86. The van der Waals surface area contributed by atoms with E-state index in [1.54, 1.807) is 48.3 Å². The van der Waals surface area contributed by atoms with Crippen LogP contribution in [0.25, 0.3) is 10.8 Å². The Labute approximate surface area is 205 Å². The standard InChI is InChI=1S/C28H27NO5S/c1-29(20-28(30)31)19-18-26(22-9-3-2-4-10-22)34-23-14-16-24(17-15-23)35(32,33)27-13-7-11-21-8-5-6-12-25(21)27/h2-17,26H,18-20H2,1H3,(H,30,31). The van der Waals surface area contributed by atoms with E-state index in [2.05, 4.69) is 0 Å². The number of hydrogen-bond donors (Lipinski definition) is 1. The van der Waals surface area contributed by atoms with Crippen LogP contribution in [0.5, 0.6) is 5.75 Å². The minimum atomic E-state index is -3.71. The molecule has 1 unspecified atom stereocenters. The van der Waals surface area contributed by atoms with Gasteiger partial charge in [-0.2, -0.15) is 0 Å². The summed E-state index contributed by atoms with van der Waals surface area (Å²) in [6.07, 6.45) is 0.261. The minimum absolute atomic E-state index is 0.0533. The lowest BCUT2D eigenvalue weighted by atomic mass is 10.1. The Morgan fingerprint density at radius 1 is 0.886 bits per heavy atom. The monoisotopic (exact) mass is 489 g/mol. The van der Waals surface area contributed by atoms with Gasteiger partial charge in [-0.3, -0.25) is 9.69 Å². The van der Waals surface area contributed by atoms with E-state index >= 15 is 0 Å². The molecule has 0 aliphatic rings. The molecule has 0 fully saturated rings. The molecule has 7 heteroatoms. The van der Waals surface area contributed by atoms with E-state index in [-0.39, 0.29) is 22.4 Å². The molecule has 0 amide bonds. The number of carboxylic acid groups (broad SMARTS) is 1. The molecular formula is C28H27NO5S. The number of carboxylic acids is 1. The van der Waals surface area contributed by atoms with Gasteiger partial charge in [0, 0.05) is 18.4 Å². The summed E-state index contributed by atoms with van der Waals surface area (Å²) >= 11 is 0. The van der Waals surface area contributed by atoms with Crippen molar-refractivity contribution in [3.63, 3.8) is 0 Å². The van der Waals surface area contributed by atoms with Crippen molar-refractivity contribution in [3.8, 4) is 5.75 Å². The van der Waals surface area contributed by atoms with E-state index in [9.17, 15) is 13.2 Å². The maximum Gasteiger partial charge on any atom is 0.317 e. The molecule has 0 heterocycles. The number of fused-ring (bicyclic) bond motifs is 1. The quantitative estimate of drug-likeness (QED) is 0.330. The van der Waals surface area contributed by atoms with Crippen molar-refractivity contribution >= 4 is 26.6 Å². The summed E-state index contributed by atoms with van der Waals surface area (Å²) in [5.41, 5.74) is 0.962. The summed E-state index contributed by atoms with van der Waals surface area (Å²) < 4.78 is 33.0. The zero-order valence-electron chi connectivity index (χ0n) is 19.4. The van der Waals surface area contributed by atoms with Crippen LogP contribution in [0.1, 0.15) is 18.1 Å². The van der Waals surface area contributed by atoms with Crippen LogP contribution in [0.15, 0.2) is 107 Å². The van der Waals surface area contributed by atoms with E-state index in [4.69, 9.17) is 9.84 Å². The summed E-state index contributed by atoms with van der Waals surface area (Å²) in [5.74, 6) is -0.343. The van der Waals surface area contributed by atoms with E-state index in [0.717, 1.165) is 10.9 Å². The fourth-order valence-electron chi connectivity index (χ4n) is 4.03. The van der Waals surface area contributed by atoms with E-state index in [1.165, 1.54) is 0 Å². The highest BCUT2D eigenvalue weighted by Gasteiger charge is 2.21. The summed E-state index contributed by atoms with van der Waals surface area (Å²) in [6.45, 7) is 0.474. The molecule has 0 radical (unpaired) electrons. The SMILES string of the molecule is CN(CCC(Oc1ccc(S(=O)(=O)c2cccc3ccccc23)cc1)c1ccccc1)CC(=O)O. The third-order valence-electron chi connectivity index (χ3n) is 5.80. The van der Waals surface area contributed by atoms with Crippen molar-refractivity contribution in [2.75, 3.05) is 20.1 Å². The summed E-state index contributed by atoms with van der Waals surface area (Å²) in [4.78, 5) is 13.2. The van der Waals surface area contributed by atoms with E-state index < -0.39 is 15.8 Å². The van der Waals surface area contributed by atoms with Gasteiger partial charge in [-0.25, -0.2) is 8.42 Å². The third kappa shape index (κ3) is 5.88. The van der Waals surface area contributed by atoms with Crippen LogP contribution in [0.3, 0.4) is 0 Å². The van der Waals surface area contributed by atoms with Crippen LogP contribution in [0.4, 0.5) is 0 Å². The molecule has 4 aromatic rings. The van der Waals surface area contributed by atoms with Gasteiger partial charge >= 0.3 is 5.97 Å². The second-order valence-electron chi connectivity index (χ2n) is 8.39. The number of ether oxygens (including phenoxy) is 1. The Bertz CT molecular complexity index is 1400. The molecule has 1 N–H and O–H groups in total. The molecule has 180 valence electrons. The Kier molecular flexibility index (Phi) is 7.48. The fourth-order valence-corrected chi connectivity index (χ4v) is 5.51. The average molecular weight is 490 g/mol. The number of sulfone groups is 1. The van der Waals surface area contributed by atoms with Crippen molar-refractivity contribution in [2.45, 2.75) is 22.3 Å².